The van der Waals surface area contributed by atoms with Crippen molar-refractivity contribution in [1.82, 2.24) is 4.98 Å². The molecule has 0 N–H and O–H groups in total. The van der Waals surface area contributed by atoms with Crippen molar-refractivity contribution in [2.45, 2.75) is 53.4 Å². The molecule has 0 saturated carbocycles. The minimum absolute atomic E-state index is 0. The van der Waals surface area contributed by atoms with Gasteiger partial charge in [0, 0.05) is 0 Å². The van der Waals surface area contributed by atoms with Gasteiger partial charge in [0.05, 0.1) is 35.2 Å². The zero-order valence-corrected chi connectivity index (χ0v) is 23.8. The largest absolute Gasteiger partial charge is 3.00 e. The second-order valence-electron chi connectivity index (χ2n) is 7.27. The number of pyridine rings is 1. The van der Waals surface area contributed by atoms with Gasteiger partial charge in [0.15, 0.2) is 0 Å². The third-order valence-corrected chi connectivity index (χ3v) is 5.37. The molecule has 2 aromatic carbocycles. The summed E-state index contributed by atoms with van der Waals surface area (Å²) >= 11 is 0. The van der Waals surface area contributed by atoms with Crippen molar-refractivity contribution in [3.05, 3.63) is 88.2 Å². The Morgan fingerprint density at radius 3 is 1.15 bits per heavy atom. The van der Waals surface area contributed by atoms with E-state index in [0.717, 1.165) is 48.4 Å². The summed E-state index contributed by atoms with van der Waals surface area (Å²) in [5.41, 5.74) is 8.91. The number of nitrogens with zero attached hydrogens (tertiary/aromatic N) is 3. The molecule has 3 aromatic rings. The predicted molar refractivity (Wildman–Crippen MR) is 129 cm³/mol. The minimum Gasteiger partial charge on any atom is -1.00 e. The number of hydrogen-bond donors (Lipinski definition) is 0. The number of aromatic nitrogens is 1. The normalized spacial score (nSPS) is 10.2. The van der Waals surface area contributed by atoms with Crippen LogP contribution in [-0.2, 0) is 44.2 Å². The van der Waals surface area contributed by atoms with E-state index in [2.05, 4.69) is 64.1 Å². The summed E-state index contributed by atoms with van der Waals surface area (Å²) in [4.78, 5) is 14.3. The SMILES string of the molecule is CCc1cccc(CC)c1N=Cc1cccc(C=Nc2c(CC)cccc2CC)n1.[Cl-].[Cl-].[Cl-].[V+3]. The topological polar surface area (TPSA) is 37.6 Å². The molecule has 3 nitrogen and oxygen atoms in total. The Hall–Kier alpha value is -1.62. The molecule has 7 heteroatoms. The van der Waals surface area contributed by atoms with Gasteiger partial charge in [0.25, 0.3) is 0 Å². The zero-order chi connectivity index (χ0) is 21.3. The fourth-order valence-electron chi connectivity index (χ4n) is 3.64. The molecular formula is C27H31Cl3N3V. The maximum atomic E-state index is 4.80. The second-order valence-corrected chi connectivity index (χ2v) is 7.27. The van der Waals surface area contributed by atoms with Crippen molar-refractivity contribution < 1.29 is 55.8 Å². The molecule has 0 aliphatic carbocycles. The van der Waals surface area contributed by atoms with E-state index in [0.29, 0.717) is 0 Å². The van der Waals surface area contributed by atoms with Gasteiger partial charge >= 0.3 is 18.6 Å². The van der Waals surface area contributed by atoms with E-state index < -0.39 is 0 Å². The van der Waals surface area contributed by atoms with Crippen LogP contribution in [0.25, 0.3) is 0 Å². The molecule has 34 heavy (non-hydrogen) atoms. The quantitative estimate of drug-likeness (QED) is 0.293. The van der Waals surface area contributed by atoms with Crippen LogP contribution < -0.4 is 37.2 Å². The summed E-state index contributed by atoms with van der Waals surface area (Å²) in [5, 5.41) is 0. The van der Waals surface area contributed by atoms with Crippen LogP contribution in [0.4, 0.5) is 11.4 Å². The fourth-order valence-corrected chi connectivity index (χ4v) is 3.64. The van der Waals surface area contributed by atoms with Gasteiger partial charge in [0.2, 0.25) is 0 Å². The fraction of sp³-hybridized carbons (Fsp3) is 0.296. The summed E-state index contributed by atoms with van der Waals surface area (Å²) in [6.45, 7) is 8.67. The van der Waals surface area contributed by atoms with Crippen molar-refractivity contribution >= 4 is 23.8 Å². The van der Waals surface area contributed by atoms with Crippen LogP contribution in [0.3, 0.4) is 0 Å². The van der Waals surface area contributed by atoms with Crippen LogP contribution >= 0.6 is 0 Å². The Balaban J connectivity index is 0. The van der Waals surface area contributed by atoms with Gasteiger partial charge in [-0.1, -0.05) is 70.2 Å². The number of para-hydroxylation sites is 2. The van der Waals surface area contributed by atoms with Gasteiger partial charge in [0.1, 0.15) is 0 Å². The molecule has 0 bridgehead atoms. The first-order valence-corrected chi connectivity index (χ1v) is 11.0. The summed E-state index contributed by atoms with van der Waals surface area (Å²) in [6, 6.07) is 18.8. The van der Waals surface area contributed by atoms with E-state index in [9.17, 15) is 0 Å². The summed E-state index contributed by atoms with van der Waals surface area (Å²) in [6.07, 6.45) is 7.61. The number of aryl methyl sites for hydroxylation is 4. The summed E-state index contributed by atoms with van der Waals surface area (Å²) < 4.78 is 0. The Morgan fingerprint density at radius 2 is 0.853 bits per heavy atom. The smallest absolute Gasteiger partial charge is 1.00 e. The molecule has 0 aliphatic rings. The van der Waals surface area contributed by atoms with E-state index in [1.54, 1.807) is 0 Å². The number of aliphatic imine (C=N–C) groups is 2. The van der Waals surface area contributed by atoms with Crippen LogP contribution in [0.1, 0.15) is 61.3 Å². The molecule has 180 valence electrons. The van der Waals surface area contributed by atoms with Crippen molar-refractivity contribution in [2.75, 3.05) is 0 Å². The molecule has 1 aromatic heterocycles. The molecule has 0 amide bonds. The van der Waals surface area contributed by atoms with E-state index >= 15 is 0 Å². The van der Waals surface area contributed by atoms with Crippen molar-refractivity contribution in [3.63, 3.8) is 0 Å². The van der Waals surface area contributed by atoms with E-state index in [4.69, 9.17) is 15.0 Å². The van der Waals surface area contributed by atoms with Crippen LogP contribution in [0.2, 0.25) is 0 Å². The standard InChI is InChI=1S/C27H31N3.3ClH.V/c1-5-20-12-9-13-21(6-2)26(20)28-18-24-16-11-17-25(30-24)19-29-27-22(7-3)14-10-15-23(27)8-4;;;;/h9-19H,5-8H2,1-4H3;3*1H;/q;;;;+3/p-3. The van der Waals surface area contributed by atoms with Gasteiger partial charge in [-0.2, -0.15) is 0 Å². The number of benzene rings is 2. The average Bonchev–Trinajstić information content (AvgIpc) is 2.80. The Kier molecular flexibility index (Phi) is 18.1. The Labute approximate surface area is 235 Å². The van der Waals surface area contributed by atoms with Gasteiger partial charge in [-0.15, -0.1) is 0 Å². The third kappa shape index (κ3) is 8.87. The van der Waals surface area contributed by atoms with Crippen LogP contribution in [0.15, 0.2) is 64.6 Å². The van der Waals surface area contributed by atoms with Crippen molar-refractivity contribution in [3.8, 4) is 0 Å². The van der Waals surface area contributed by atoms with E-state index in [-0.39, 0.29) is 55.8 Å². The van der Waals surface area contributed by atoms with E-state index in [1.165, 1.54) is 22.3 Å². The molecule has 0 aliphatic heterocycles. The molecule has 3 rings (SSSR count). The average molecular weight is 555 g/mol. The number of halogens is 3. The first-order valence-electron chi connectivity index (χ1n) is 11.0. The third-order valence-electron chi connectivity index (χ3n) is 5.37. The molecule has 1 heterocycles. The molecule has 0 saturated heterocycles. The predicted octanol–water partition coefficient (Wildman–Crippen LogP) is -2.16. The Bertz CT molecular complexity index is 943. The molecular weight excluding hydrogens is 524 g/mol. The molecule has 0 fully saturated rings. The van der Waals surface area contributed by atoms with Crippen molar-refractivity contribution in [2.24, 2.45) is 9.98 Å². The maximum absolute atomic E-state index is 4.80. The number of rotatable bonds is 8. The van der Waals surface area contributed by atoms with Gasteiger partial charge in [-0.3, -0.25) is 9.98 Å². The summed E-state index contributed by atoms with van der Waals surface area (Å²) in [5.74, 6) is 0. The van der Waals surface area contributed by atoms with Crippen molar-refractivity contribution in [1.29, 1.82) is 0 Å². The van der Waals surface area contributed by atoms with Crippen LogP contribution in [-0.4, -0.2) is 17.4 Å². The second kappa shape index (κ2) is 17.8. The van der Waals surface area contributed by atoms with Gasteiger partial charge in [-0.05, 0) is 60.1 Å². The Morgan fingerprint density at radius 1 is 0.559 bits per heavy atom. The van der Waals surface area contributed by atoms with Crippen LogP contribution in [0.5, 0.6) is 0 Å². The maximum Gasteiger partial charge on any atom is 3.00 e. The van der Waals surface area contributed by atoms with E-state index in [1.807, 2.05) is 30.6 Å². The first kappa shape index (κ1) is 34.6. The van der Waals surface area contributed by atoms with Gasteiger partial charge in [-0.25, -0.2) is 4.98 Å². The van der Waals surface area contributed by atoms with Gasteiger partial charge < -0.3 is 37.2 Å². The molecule has 0 spiro atoms. The summed E-state index contributed by atoms with van der Waals surface area (Å²) in [7, 11) is 0. The van der Waals surface area contributed by atoms with Crippen LogP contribution in [0, 0.1) is 0 Å². The number of hydrogen-bond acceptors (Lipinski definition) is 3. The zero-order valence-electron chi connectivity index (χ0n) is 20.1. The monoisotopic (exact) mass is 553 g/mol. The molecule has 0 unspecified atom stereocenters. The minimum atomic E-state index is 0. The molecule has 0 atom stereocenters. The molecule has 0 radical (unpaired) electrons. The first-order chi connectivity index (χ1) is 14.7.